The third kappa shape index (κ3) is 60.7. The maximum atomic E-state index is 12.8. The van der Waals surface area contributed by atoms with E-state index in [0.29, 0.717) is 19.3 Å². The molecular formula is C70H116O6. The maximum Gasteiger partial charge on any atom is 0.306 e. The van der Waals surface area contributed by atoms with Gasteiger partial charge in [-0.3, -0.25) is 14.4 Å². The van der Waals surface area contributed by atoms with Crippen LogP contribution in [0.3, 0.4) is 0 Å². The normalized spacial score (nSPS) is 12.9. The van der Waals surface area contributed by atoms with E-state index in [2.05, 4.69) is 142 Å². The summed E-state index contributed by atoms with van der Waals surface area (Å²) < 4.78 is 16.8. The number of carbonyl (C=O) groups excluding carboxylic acids is 3. The molecule has 432 valence electrons. The van der Waals surface area contributed by atoms with Crippen molar-refractivity contribution in [3.8, 4) is 0 Å². The van der Waals surface area contributed by atoms with Gasteiger partial charge < -0.3 is 14.2 Å². The number of hydrogen-bond donors (Lipinski definition) is 0. The van der Waals surface area contributed by atoms with Gasteiger partial charge in [-0.1, -0.05) is 277 Å². The summed E-state index contributed by atoms with van der Waals surface area (Å²) in [6.45, 7) is 6.45. The van der Waals surface area contributed by atoms with Crippen molar-refractivity contribution < 1.29 is 28.6 Å². The molecule has 6 heteroatoms. The smallest absolute Gasteiger partial charge is 0.306 e. The Morgan fingerprint density at radius 2 is 0.526 bits per heavy atom. The van der Waals surface area contributed by atoms with Crippen molar-refractivity contribution >= 4 is 17.9 Å². The lowest BCUT2D eigenvalue weighted by atomic mass is 10.1. The minimum Gasteiger partial charge on any atom is -0.462 e. The van der Waals surface area contributed by atoms with Crippen LogP contribution < -0.4 is 0 Å². The SMILES string of the molecule is CC/C=C\C/C=C\C/C=C\C/C=C\C/C=C\C/C=C\C/C=C\C/C=C\CCCCCCCCCCCCC(=O)OCC(COC(=O)CCCCCCCCCCC)OC(=O)CCCCCCC/C=C\C/C=C\CCCC. The largest absolute Gasteiger partial charge is 0.462 e. The van der Waals surface area contributed by atoms with Crippen molar-refractivity contribution in [1.29, 1.82) is 0 Å². The van der Waals surface area contributed by atoms with Crippen LogP contribution in [0.5, 0.6) is 0 Å². The van der Waals surface area contributed by atoms with Crippen molar-refractivity contribution in [2.45, 2.75) is 290 Å². The first-order valence-corrected chi connectivity index (χ1v) is 31.5. The van der Waals surface area contributed by atoms with E-state index in [1.165, 1.54) is 109 Å². The van der Waals surface area contributed by atoms with E-state index >= 15 is 0 Å². The van der Waals surface area contributed by atoms with Crippen molar-refractivity contribution in [2.24, 2.45) is 0 Å². The van der Waals surface area contributed by atoms with Crippen molar-refractivity contribution in [2.75, 3.05) is 13.2 Å². The van der Waals surface area contributed by atoms with Gasteiger partial charge in [0.1, 0.15) is 13.2 Å². The second-order valence-corrected chi connectivity index (χ2v) is 20.6. The Kier molecular flexibility index (Phi) is 59.9. The molecule has 0 fully saturated rings. The van der Waals surface area contributed by atoms with Gasteiger partial charge in [0.05, 0.1) is 0 Å². The molecule has 0 aromatic carbocycles. The lowest BCUT2D eigenvalue weighted by molar-refractivity contribution is -0.167. The predicted molar refractivity (Wildman–Crippen MR) is 330 cm³/mol. The molecule has 0 amide bonds. The topological polar surface area (TPSA) is 78.9 Å². The van der Waals surface area contributed by atoms with Gasteiger partial charge in [-0.05, 0) is 109 Å². The number of ether oxygens (including phenoxy) is 3. The Balaban J connectivity index is 4.14. The van der Waals surface area contributed by atoms with E-state index in [9.17, 15) is 14.4 Å². The molecule has 76 heavy (non-hydrogen) atoms. The predicted octanol–water partition coefficient (Wildman–Crippen LogP) is 21.6. The number of carbonyl (C=O) groups is 3. The zero-order valence-corrected chi connectivity index (χ0v) is 49.5. The zero-order valence-electron chi connectivity index (χ0n) is 49.5. The van der Waals surface area contributed by atoms with Crippen LogP contribution in [-0.2, 0) is 28.6 Å². The molecule has 0 bridgehead atoms. The lowest BCUT2D eigenvalue weighted by Gasteiger charge is -2.18. The summed E-state index contributed by atoms with van der Waals surface area (Å²) in [4.78, 5) is 38.1. The summed E-state index contributed by atoms with van der Waals surface area (Å²) in [6.07, 6.45) is 87.9. The summed E-state index contributed by atoms with van der Waals surface area (Å²) in [6, 6.07) is 0. The van der Waals surface area contributed by atoms with Crippen molar-refractivity contribution in [3.63, 3.8) is 0 Å². The molecule has 0 spiro atoms. The molecule has 0 heterocycles. The third-order valence-corrected chi connectivity index (χ3v) is 13.2. The van der Waals surface area contributed by atoms with Crippen LogP contribution in [0.2, 0.25) is 0 Å². The van der Waals surface area contributed by atoms with E-state index in [-0.39, 0.29) is 31.1 Å². The average molecular weight is 1050 g/mol. The fourth-order valence-electron chi connectivity index (χ4n) is 8.48. The Hall–Kier alpha value is -4.19. The Labute approximate surface area is 469 Å². The van der Waals surface area contributed by atoms with Gasteiger partial charge in [-0.15, -0.1) is 0 Å². The summed E-state index contributed by atoms with van der Waals surface area (Å²) in [7, 11) is 0. The second-order valence-electron chi connectivity index (χ2n) is 20.6. The van der Waals surface area contributed by atoms with Crippen LogP contribution in [0.4, 0.5) is 0 Å². The number of allylic oxidation sites excluding steroid dienone is 20. The molecule has 6 nitrogen and oxygen atoms in total. The monoisotopic (exact) mass is 1050 g/mol. The highest BCUT2D eigenvalue weighted by Crippen LogP contribution is 2.15. The Morgan fingerprint density at radius 1 is 0.276 bits per heavy atom. The van der Waals surface area contributed by atoms with E-state index in [1.807, 2.05) is 0 Å². The van der Waals surface area contributed by atoms with E-state index < -0.39 is 6.10 Å². The fourth-order valence-corrected chi connectivity index (χ4v) is 8.48. The standard InChI is InChI=1S/C70H116O6/c1-4-7-10-13-16-19-21-23-25-26-27-28-29-30-31-32-33-34-35-36-37-38-39-40-41-42-43-44-45-47-48-51-54-57-60-63-69(72)75-66-67(65-74-68(71)62-59-56-53-50-18-15-12-9-6-3)76-70(73)64-61-58-55-52-49-46-24-22-20-17-14-11-8-5-2/h7,10,14,16-17,19,22-25,27-28,30-31,33-34,36-37,39-40,67H,4-6,8-9,11-13,15,18,20-21,26,29,32,35,38,41-66H2,1-3H3/b10-7-,17-14-,19-16-,24-22-,25-23-,28-27-,31-30-,34-33-,37-36-,40-39-. The van der Waals surface area contributed by atoms with Crippen LogP contribution in [0.1, 0.15) is 284 Å². The number of esters is 3. The molecule has 0 N–H and O–H groups in total. The molecule has 0 saturated carbocycles. The van der Waals surface area contributed by atoms with Gasteiger partial charge in [0.15, 0.2) is 6.10 Å². The van der Waals surface area contributed by atoms with Crippen molar-refractivity contribution in [1.82, 2.24) is 0 Å². The third-order valence-electron chi connectivity index (χ3n) is 13.2. The quantitative estimate of drug-likeness (QED) is 0.0261. The summed E-state index contributed by atoms with van der Waals surface area (Å²) in [5.41, 5.74) is 0. The molecule has 1 unspecified atom stereocenters. The summed E-state index contributed by atoms with van der Waals surface area (Å²) in [5.74, 6) is -0.903. The van der Waals surface area contributed by atoms with Gasteiger partial charge in [0.2, 0.25) is 0 Å². The molecule has 0 saturated heterocycles. The first kappa shape index (κ1) is 71.8. The highest BCUT2D eigenvalue weighted by Gasteiger charge is 2.19. The minimum absolute atomic E-state index is 0.0838. The molecule has 0 radical (unpaired) electrons. The van der Waals surface area contributed by atoms with Crippen LogP contribution in [0.25, 0.3) is 0 Å². The number of rotatable bonds is 56. The van der Waals surface area contributed by atoms with E-state index in [1.54, 1.807) is 0 Å². The van der Waals surface area contributed by atoms with Gasteiger partial charge >= 0.3 is 17.9 Å². The summed E-state index contributed by atoms with van der Waals surface area (Å²) >= 11 is 0. The van der Waals surface area contributed by atoms with Crippen LogP contribution in [0, 0.1) is 0 Å². The molecular weight excluding hydrogens is 937 g/mol. The highest BCUT2D eigenvalue weighted by molar-refractivity contribution is 5.71. The Bertz CT molecular complexity index is 1590. The Morgan fingerprint density at radius 3 is 0.842 bits per heavy atom. The molecule has 1 atom stereocenters. The average Bonchev–Trinajstić information content (AvgIpc) is 3.42. The van der Waals surface area contributed by atoms with Gasteiger partial charge in [-0.25, -0.2) is 0 Å². The zero-order chi connectivity index (χ0) is 55.0. The molecule has 0 rings (SSSR count). The van der Waals surface area contributed by atoms with Crippen LogP contribution in [0.15, 0.2) is 122 Å². The van der Waals surface area contributed by atoms with Gasteiger partial charge in [-0.2, -0.15) is 0 Å². The molecule has 0 aliphatic heterocycles. The molecule has 0 aromatic heterocycles. The molecule has 0 aliphatic rings. The van der Waals surface area contributed by atoms with Crippen molar-refractivity contribution in [3.05, 3.63) is 122 Å². The van der Waals surface area contributed by atoms with Gasteiger partial charge in [0.25, 0.3) is 0 Å². The number of hydrogen-bond acceptors (Lipinski definition) is 6. The minimum atomic E-state index is -0.786. The first-order chi connectivity index (χ1) is 37.5. The maximum absolute atomic E-state index is 12.8. The summed E-state index contributed by atoms with van der Waals surface area (Å²) in [5, 5.41) is 0. The van der Waals surface area contributed by atoms with Crippen LogP contribution >= 0.6 is 0 Å². The second kappa shape index (κ2) is 63.3. The van der Waals surface area contributed by atoms with E-state index in [4.69, 9.17) is 14.2 Å². The first-order valence-electron chi connectivity index (χ1n) is 31.5. The van der Waals surface area contributed by atoms with E-state index in [0.717, 1.165) is 135 Å². The molecule has 0 aliphatic carbocycles. The van der Waals surface area contributed by atoms with Crippen LogP contribution in [-0.4, -0.2) is 37.2 Å². The highest BCUT2D eigenvalue weighted by atomic mass is 16.6. The fraction of sp³-hybridized carbons (Fsp3) is 0.671. The number of unbranched alkanes of at least 4 members (excludes halogenated alkanes) is 25. The lowest BCUT2D eigenvalue weighted by Crippen LogP contribution is -2.30. The van der Waals surface area contributed by atoms with Gasteiger partial charge in [0, 0.05) is 19.3 Å². The molecule has 0 aromatic rings.